The third-order valence-corrected chi connectivity index (χ3v) is 8.57. The summed E-state index contributed by atoms with van der Waals surface area (Å²) in [6, 6.07) is 41.0. The fourth-order valence-electron chi connectivity index (χ4n) is 5.02. The molecule has 0 spiro atoms. The van der Waals surface area contributed by atoms with Crippen LogP contribution in [-0.4, -0.2) is 15.5 Å². The van der Waals surface area contributed by atoms with E-state index in [2.05, 4.69) is 47.2 Å². The zero-order valence-corrected chi connectivity index (χ0v) is 23.4. The van der Waals surface area contributed by atoms with Gasteiger partial charge in [0.15, 0.2) is 0 Å². The van der Waals surface area contributed by atoms with Crippen LogP contribution in [0.4, 0.5) is 0 Å². The molecule has 1 heterocycles. The molecule has 0 radical (unpaired) electrons. The Morgan fingerprint density at radius 3 is 2.05 bits per heavy atom. The lowest BCUT2D eigenvalue weighted by Crippen LogP contribution is -2.23. The van der Waals surface area contributed by atoms with Crippen LogP contribution in [0.15, 0.2) is 137 Å². The SMILES string of the molecule is COc1cccc(CNS(=O)(=O)c2ccc(-c3ccc(-c4c(Cc5ccccc5)oc5ccccc45)cc3)cc2)c1. The van der Waals surface area contributed by atoms with E-state index in [1.165, 1.54) is 5.56 Å². The van der Waals surface area contributed by atoms with Crippen molar-refractivity contribution < 1.29 is 17.6 Å². The fourth-order valence-corrected chi connectivity index (χ4v) is 6.04. The van der Waals surface area contributed by atoms with Crippen molar-refractivity contribution >= 4 is 21.0 Å². The maximum Gasteiger partial charge on any atom is 0.240 e. The van der Waals surface area contributed by atoms with Gasteiger partial charge in [-0.15, -0.1) is 0 Å². The van der Waals surface area contributed by atoms with Gasteiger partial charge in [-0.2, -0.15) is 0 Å². The van der Waals surface area contributed by atoms with Crippen molar-refractivity contribution in [1.29, 1.82) is 0 Å². The minimum atomic E-state index is -3.67. The number of sulfonamides is 1. The Morgan fingerprint density at radius 1 is 0.683 bits per heavy atom. The van der Waals surface area contributed by atoms with Crippen molar-refractivity contribution in [2.75, 3.05) is 7.11 Å². The molecule has 0 bridgehead atoms. The molecule has 6 rings (SSSR count). The van der Waals surface area contributed by atoms with Gasteiger partial charge >= 0.3 is 0 Å². The molecule has 1 aromatic heterocycles. The summed E-state index contributed by atoms with van der Waals surface area (Å²) in [4.78, 5) is 0.219. The molecule has 0 aliphatic heterocycles. The zero-order valence-electron chi connectivity index (χ0n) is 22.6. The zero-order chi connectivity index (χ0) is 28.2. The molecular formula is C35H29NO4S. The Balaban J connectivity index is 1.22. The van der Waals surface area contributed by atoms with Crippen molar-refractivity contribution in [2.45, 2.75) is 17.9 Å². The maximum atomic E-state index is 12.9. The van der Waals surface area contributed by atoms with Crippen LogP contribution in [0.2, 0.25) is 0 Å². The highest BCUT2D eigenvalue weighted by Gasteiger charge is 2.17. The maximum absolute atomic E-state index is 12.9. The quantitative estimate of drug-likeness (QED) is 0.196. The Hall–Kier alpha value is -4.65. The second kappa shape index (κ2) is 11.5. The summed E-state index contributed by atoms with van der Waals surface area (Å²) in [6.07, 6.45) is 0.703. The Kier molecular flexibility index (Phi) is 7.42. The van der Waals surface area contributed by atoms with Crippen LogP contribution >= 0.6 is 0 Å². The van der Waals surface area contributed by atoms with E-state index in [9.17, 15) is 8.42 Å². The van der Waals surface area contributed by atoms with E-state index in [1.54, 1.807) is 19.2 Å². The molecule has 0 atom stereocenters. The van der Waals surface area contributed by atoms with Gasteiger partial charge in [-0.05, 0) is 58.1 Å². The molecular weight excluding hydrogens is 530 g/mol. The van der Waals surface area contributed by atoms with Crippen molar-refractivity contribution in [3.63, 3.8) is 0 Å². The van der Waals surface area contributed by atoms with Crippen LogP contribution in [0.5, 0.6) is 5.75 Å². The van der Waals surface area contributed by atoms with Crippen molar-refractivity contribution in [3.05, 3.63) is 144 Å². The average Bonchev–Trinajstić information content (AvgIpc) is 3.38. The lowest BCUT2D eigenvalue weighted by molar-refractivity contribution is 0.414. The molecule has 0 amide bonds. The molecule has 5 nitrogen and oxygen atoms in total. The van der Waals surface area contributed by atoms with Crippen LogP contribution in [0.3, 0.4) is 0 Å². The molecule has 0 saturated heterocycles. The minimum absolute atomic E-state index is 0.178. The van der Waals surface area contributed by atoms with E-state index < -0.39 is 10.0 Å². The van der Waals surface area contributed by atoms with Crippen molar-refractivity contribution in [3.8, 4) is 28.0 Å². The van der Waals surface area contributed by atoms with Crippen molar-refractivity contribution in [2.24, 2.45) is 0 Å². The molecule has 6 heteroatoms. The summed E-state index contributed by atoms with van der Waals surface area (Å²) in [6.45, 7) is 0.178. The van der Waals surface area contributed by atoms with Gasteiger partial charge in [-0.1, -0.05) is 97.1 Å². The molecule has 6 aromatic rings. The van der Waals surface area contributed by atoms with E-state index in [0.717, 1.165) is 44.5 Å². The highest BCUT2D eigenvalue weighted by atomic mass is 32.2. The first kappa shape index (κ1) is 26.6. The van der Waals surface area contributed by atoms with E-state index in [-0.39, 0.29) is 11.4 Å². The van der Waals surface area contributed by atoms with Crippen LogP contribution in [0.1, 0.15) is 16.9 Å². The second-order valence-electron chi connectivity index (χ2n) is 9.84. The van der Waals surface area contributed by atoms with Gasteiger partial charge in [-0.25, -0.2) is 13.1 Å². The summed E-state index contributed by atoms with van der Waals surface area (Å²) < 4.78 is 40.0. The normalized spacial score (nSPS) is 11.5. The lowest BCUT2D eigenvalue weighted by atomic mass is 9.96. The Labute approximate surface area is 240 Å². The smallest absolute Gasteiger partial charge is 0.240 e. The first-order chi connectivity index (χ1) is 20.0. The van der Waals surface area contributed by atoms with E-state index in [4.69, 9.17) is 9.15 Å². The average molecular weight is 560 g/mol. The number of nitrogens with one attached hydrogen (secondary N) is 1. The molecule has 0 aliphatic rings. The van der Waals surface area contributed by atoms with Gasteiger partial charge in [0, 0.05) is 23.9 Å². The first-order valence-corrected chi connectivity index (χ1v) is 14.9. The topological polar surface area (TPSA) is 68.5 Å². The summed E-state index contributed by atoms with van der Waals surface area (Å²) >= 11 is 0. The summed E-state index contributed by atoms with van der Waals surface area (Å²) in [5, 5.41) is 1.09. The number of furan rings is 1. The Morgan fingerprint density at radius 2 is 1.32 bits per heavy atom. The van der Waals surface area contributed by atoms with Crippen LogP contribution < -0.4 is 9.46 Å². The predicted molar refractivity (Wildman–Crippen MR) is 163 cm³/mol. The van der Waals surface area contributed by atoms with Crippen molar-refractivity contribution in [1.82, 2.24) is 4.72 Å². The van der Waals surface area contributed by atoms with Crippen LogP contribution in [-0.2, 0) is 23.0 Å². The predicted octanol–water partition coefficient (Wildman–Crippen LogP) is 7.84. The van der Waals surface area contributed by atoms with E-state index in [1.807, 2.05) is 72.8 Å². The largest absolute Gasteiger partial charge is 0.497 e. The van der Waals surface area contributed by atoms with E-state index >= 15 is 0 Å². The molecule has 41 heavy (non-hydrogen) atoms. The monoisotopic (exact) mass is 559 g/mol. The number of fused-ring (bicyclic) bond motifs is 1. The number of hydrogen-bond donors (Lipinski definition) is 1. The molecule has 204 valence electrons. The molecule has 0 fully saturated rings. The van der Waals surface area contributed by atoms with Gasteiger partial charge in [0.2, 0.25) is 10.0 Å². The van der Waals surface area contributed by atoms with E-state index in [0.29, 0.717) is 12.2 Å². The third kappa shape index (κ3) is 5.80. The molecule has 0 saturated carbocycles. The van der Waals surface area contributed by atoms with Gasteiger partial charge in [0.1, 0.15) is 17.1 Å². The highest BCUT2D eigenvalue weighted by molar-refractivity contribution is 7.89. The molecule has 0 aliphatic carbocycles. The number of methoxy groups -OCH3 is 1. The number of para-hydroxylation sites is 1. The second-order valence-corrected chi connectivity index (χ2v) is 11.6. The van der Waals surface area contributed by atoms with Crippen LogP contribution in [0.25, 0.3) is 33.2 Å². The summed E-state index contributed by atoms with van der Waals surface area (Å²) in [7, 11) is -2.08. The van der Waals surface area contributed by atoms with Gasteiger partial charge in [0.25, 0.3) is 0 Å². The van der Waals surface area contributed by atoms with Gasteiger partial charge in [0.05, 0.1) is 12.0 Å². The summed E-state index contributed by atoms with van der Waals surface area (Å²) in [5.74, 6) is 1.62. The number of ether oxygens (including phenoxy) is 1. The van der Waals surface area contributed by atoms with Gasteiger partial charge in [-0.3, -0.25) is 0 Å². The van der Waals surface area contributed by atoms with Crippen LogP contribution in [0, 0.1) is 0 Å². The Bertz CT molecular complexity index is 1890. The number of benzene rings is 5. The highest BCUT2D eigenvalue weighted by Crippen LogP contribution is 2.37. The molecule has 0 unspecified atom stereocenters. The number of hydrogen-bond acceptors (Lipinski definition) is 4. The first-order valence-electron chi connectivity index (χ1n) is 13.4. The number of rotatable bonds is 9. The third-order valence-electron chi connectivity index (χ3n) is 7.15. The lowest BCUT2D eigenvalue weighted by Gasteiger charge is -2.10. The standard InChI is InChI=1S/C35H29NO4S/c1-39-30-11-7-10-26(22-30)24-36-41(37,38)31-20-18-28(19-21-31)27-14-16-29(17-15-27)35-32-12-5-6-13-33(32)40-34(35)23-25-8-3-2-4-9-25/h2-22,36H,23-24H2,1H3. The summed E-state index contributed by atoms with van der Waals surface area (Å²) in [5.41, 5.74) is 6.99. The molecule has 1 N–H and O–H groups in total. The molecule has 5 aromatic carbocycles. The van der Waals surface area contributed by atoms with Gasteiger partial charge < -0.3 is 9.15 Å². The minimum Gasteiger partial charge on any atom is -0.497 e. The fraction of sp³-hybridized carbons (Fsp3) is 0.0857.